The molecule has 0 nitrogen and oxygen atoms in total. The SMILES string of the molecule is CC(C)(I)c1ccc2c(C(C)(C)I)cccc2c1. The Morgan fingerprint density at radius 1 is 0.833 bits per heavy atom. The maximum atomic E-state index is 2.51. The summed E-state index contributed by atoms with van der Waals surface area (Å²) in [6.45, 7) is 9.03. The molecule has 0 radical (unpaired) electrons. The van der Waals surface area contributed by atoms with Gasteiger partial charge in [0.05, 0.1) is 0 Å². The molecule has 2 heteroatoms. The number of fused-ring (bicyclic) bond motifs is 1. The van der Waals surface area contributed by atoms with Gasteiger partial charge in [0.1, 0.15) is 0 Å². The molecule has 0 aliphatic carbocycles. The quantitative estimate of drug-likeness (QED) is 0.368. The average molecular weight is 464 g/mol. The Hall–Kier alpha value is 0.160. The molecule has 0 unspecified atom stereocenters. The second-order valence-corrected chi connectivity index (χ2v) is 11.1. The lowest BCUT2D eigenvalue weighted by molar-refractivity contribution is 0.826. The summed E-state index contributed by atoms with van der Waals surface area (Å²) in [6.07, 6.45) is 0. The summed E-state index contributed by atoms with van der Waals surface area (Å²) >= 11 is 5.01. The van der Waals surface area contributed by atoms with Crippen LogP contribution < -0.4 is 0 Å². The van der Waals surface area contributed by atoms with Crippen LogP contribution in [0.4, 0.5) is 0 Å². The molecule has 2 rings (SSSR count). The van der Waals surface area contributed by atoms with Gasteiger partial charge in [0.2, 0.25) is 0 Å². The summed E-state index contributed by atoms with van der Waals surface area (Å²) in [4.78, 5) is 0. The van der Waals surface area contributed by atoms with Crippen molar-refractivity contribution in [2.45, 2.75) is 34.5 Å². The Bertz CT molecular complexity index is 572. The van der Waals surface area contributed by atoms with Crippen molar-refractivity contribution in [3.8, 4) is 0 Å². The van der Waals surface area contributed by atoms with Crippen LogP contribution in [0.15, 0.2) is 36.4 Å². The van der Waals surface area contributed by atoms with E-state index in [-0.39, 0.29) is 6.84 Å². The first-order chi connectivity index (χ1) is 8.19. The molecular formula is C16H18I2. The number of alkyl halides is 2. The van der Waals surface area contributed by atoms with Crippen LogP contribution in [-0.4, -0.2) is 0 Å². The number of hydrogen-bond donors (Lipinski definition) is 0. The van der Waals surface area contributed by atoms with Crippen LogP contribution in [0.5, 0.6) is 0 Å². The first-order valence-corrected chi connectivity index (χ1v) is 8.27. The molecule has 0 aliphatic heterocycles. The van der Waals surface area contributed by atoms with Gasteiger partial charge < -0.3 is 0 Å². The van der Waals surface area contributed by atoms with Crippen LogP contribution in [0.3, 0.4) is 0 Å². The maximum absolute atomic E-state index is 2.51. The topological polar surface area (TPSA) is 0 Å². The fourth-order valence-electron chi connectivity index (χ4n) is 2.17. The standard InChI is InChI=1S/C16H18I2/c1-15(2,17)12-8-9-13-11(10-12)6-5-7-14(13)16(3,4)18/h5-10H,1-4H3. The Morgan fingerprint density at radius 3 is 2.06 bits per heavy atom. The molecule has 0 saturated carbocycles. The van der Waals surface area contributed by atoms with E-state index >= 15 is 0 Å². The van der Waals surface area contributed by atoms with E-state index in [1.54, 1.807) is 0 Å². The second kappa shape index (κ2) is 4.93. The summed E-state index contributed by atoms with van der Waals surface area (Å²) in [5.41, 5.74) is 2.80. The molecule has 0 spiro atoms. The largest absolute Gasteiger partial charge is 0.0743 e. The summed E-state index contributed by atoms with van der Waals surface area (Å²) in [7, 11) is 0. The van der Waals surface area contributed by atoms with E-state index in [1.807, 2.05) is 0 Å². The minimum absolute atomic E-state index is 0.165. The third-order valence-corrected chi connectivity index (χ3v) is 4.41. The van der Waals surface area contributed by atoms with Gasteiger partial charge in [0.15, 0.2) is 0 Å². The molecule has 0 N–H and O–H groups in total. The molecule has 2 aromatic carbocycles. The Morgan fingerprint density at radius 2 is 1.50 bits per heavy atom. The van der Waals surface area contributed by atoms with Crippen LogP contribution in [0, 0.1) is 0 Å². The Balaban J connectivity index is 2.68. The third kappa shape index (κ3) is 3.00. The summed E-state index contributed by atoms with van der Waals surface area (Å²) < 4.78 is 0.348. The molecule has 2 aromatic rings. The molecule has 0 fully saturated rings. The van der Waals surface area contributed by atoms with Crippen molar-refractivity contribution in [3.05, 3.63) is 47.5 Å². The van der Waals surface area contributed by atoms with Crippen LogP contribution in [-0.2, 0) is 6.84 Å². The summed E-state index contributed by atoms with van der Waals surface area (Å²) in [5.74, 6) is 0. The van der Waals surface area contributed by atoms with E-state index in [0.717, 1.165) is 0 Å². The highest BCUT2D eigenvalue weighted by Gasteiger charge is 2.20. The Labute approximate surface area is 137 Å². The van der Waals surface area contributed by atoms with Gasteiger partial charge in [-0.25, -0.2) is 0 Å². The van der Waals surface area contributed by atoms with Crippen LogP contribution in [0.1, 0.15) is 38.8 Å². The van der Waals surface area contributed by atoms with E-state index in [1.165, 1.54) is 21.9 Å². The Kier molecular flexibility index (Phi) is 3.99. The number of halogens is 2. The number of benzene rings is 2. The molecule has 18 heavy (non-hydrogen) atoms. The van der Waals surface area contributed by atoms with Gasteiger partial charge in [-0.1, -0.05) is 75.5 Å². The molecule has 96 valence electrons. The van der Waals surface area contributed by atoms with Crippen LogP contribution in [0.25, 0.3) is 10.8 Å². The highest BCUT2D eigenvalue weighted by atomic mass is 127. The molecule has 0 aliphatic rings. The normalized spacial score (nSPS) is 13.0. The van der Waals surface area contributed by atoms with E-state index < -0.39 is 0 Å². The van der Waals surface area contributed by atoms with E-state index in [9.17, 15) is 0 Å². The first kappa shape index (κ1) is 14.6. The van der Waals surface area contributed by atoms with Crippen molar-refractivity contribution >= 4 is 56.0 Å². The van der Waals surface area contributed by atoms with Gasteiger partial charge in [-0.2, -0.15) is 0 Å². The van der Waals surface area contributed by atoms with Gasteiger partial charge in [-0.15, -0.1) is 0 Å². The van der Waals surface area contributed by atoms with E-state index in [0.29, 0.717) is 0 Å². The van der Waals surface area contributed by atoms with Gasteiger partial charge >= 0.3 is 0 Å². The fraction of sp³-hybridized carbons (Fsp3) is 0.375. The first-order valence-electron chi connectivity index (χ1n) is 6.11. The minimum atomic E-state index is 0.165. The van der Waals surface area contributed by atoms with Gasteiger partial charge in [0.25, 0.3) is 0 Å². The monoisotopic (exact) mass is 464 g/mol. The average Bonchev–Trinajstić information content (AvgIpc) is 2.25. The molecule has 0 aromatic heterocycles. The van der Waals surface area contributed by atoms with Crippen LogP contribution in [0.2, 0.25) is 0 Å². The molecule has 0 heterocycles. The molecular weight excluding hydrogens is 446 g/mol. The molecule has 0 bridgehead atoms. The zero-order valence-electron chi connectivity index (χ0n) is 11.2. The molecule has 0 atom stereocenters. The second-order valence-electron chi connectivity index (χ2n) is 5.69. The lowest BCUT2D eigenvalue weighted by Crippen LogP contribution is -2.09. The minimum Gasteiger partial charge on any atom is -0.0743 e. The molecule has 0 saturated heterocycles. The van der Waals surface area contributed by atoms with Gasteiger partial charge in [0, 0.05) is 6.84 Å². The van der Waals surface area contributed by atoms with Crippen molar-refractivity contribution in [3.63, 3.8) is 0 Å². The number of hydrogen-bond acceptors (Lipinski definition) is 0. The number of rotatable bonds is 2. The molecule has 0 amide bonds. The third-order valence-electron chi connectivity index (χ3n) is 3.21. The summed E-state index contributed by atoms with van der Waals surface area (Å²) in [6, 6.07) is 13.5. The van der Waals surface area contributed by atoms with E-state index in [4.69, 9.17) is 0 Å². The van der Waals surface area contributed by atoms with Crippen molar-refractivity contribution in [1.82, 2.24) is 0 Å². The van der Waals surface area contributed by atoms with E-state index in [2.05, 4.69) is 109 Å². The predicted octanol–water partition coefficient (Wildman–Crippen LogP) is 6.18. The highest BCUT2D eigenvalue weighted by Crippen LogP contribution is 2.38. The summed E-state index contributed by atoms with van der Waals surface area (Å²) in [5, 5.41) is 2.72. The maximum Gasteiger partial charge on any atom is 0.0420 e. The highest BCUT2D eigenvalue weighted by molar-refractivity contribution is 14.1. The van der Waals surface area contributed by atoms with Gasteiger partial charge in [-0.3, -0.25) is 0 Å². The lowest BCUT2D eigenvalue weighted by atomic mass is 9.93. The van der Waals surface area contributed by atoms with Gasteiger partial charge in [-0.05, 0) is 55.7 Å². The van der Waals surface area contributed by atoms with Crippen LogP contribution >= 0.6 is 45.2 Å². The fourth-order valence-corrected chi connectivity index (χ4v) is 2.98. The zero-order valence-corrected chi connectivity index (χ0v) is 15.5. The predicted molar refractivity (Wildman–Crippen MR) is 98.0 cm³/mol. The zero-order chi connectivity index (χ0) is 13.6. The van der Waals surface area contributed by atoms with Crippen molar-refractivity contribution in [2.75, 3.05) is 0 Å². The van der Waals surface area contributed by atoms with Crippen molar-refractivity contribution in [2.24, 2.45) is 0 Å². The smallest absolute Gasteiger partial charge is 0.0420 e. The lowest BCUT2D eigenvalue weighted by Gasteiger charge is -2.22. The van der Waals surface area contributed by atoms with Crippen molar-refractivity contribution in [1.29, 1.82) is 0 Å². The van der Waals surface area contributed by atoms with Crippen molar-refractivity contribution < 1.29 is 0 Å².